The van der Waals surface area contributed by atoms with Crippen molar-refractivity contribution >= 4 is 22.9 Å². The first-order valence-corrected chi connectivity index (χ1v) is 11.6. The van der Waals surface area contributed by atoms with Crippen LogP contribution in [0.5, 0.6) is 0 Å². The number of fused-ring (bicyclic) bond motifs is 1. The Morgan fingerprint density at radius 3 is 2.64 bits per heavy atom. The Morgan fingerprint density at radius 2 is 1.91 bits per heavy atom. The van der Waals surface area contributed by atoms with Gasteiger partial charge in [-0.1, -0.05) is 18.2 Å². The van der Waals surface area contributed by atoms with Gasteiger partial charge in [0.25, 0.3) is 0 Å². The van der Waals surface area contributed by atoms with Gasteiger partial charge in [0.05, 0.1) is 12.0 Å². The van der Waals surface area contributed by atoms with Crippen molar-refractivity contribution in [3.05, 3.63) is 54.4 Å². The molecule has 0 radical (unpaired) electrons. The van der Waals surface area contributed by atoms with E-state index in [0.29, 0.717) is 6.54 Å². The standard InChI is InChI=1S/C24H31N9/c1-16(2)33-15-28-21-22(29-24(30-23(21)33)31-11-8-19(25)9-12-31)27-14-18-6-4-5-7-20(18)32-13-10-26-17(32)3/h4-7,10,13,15-16,19H,8-9,11-12,14,25H2,1-3H3,(H,27,29,30). The van der Waals surface area contributed by atoms with Gasteiger partial charge in [-0.15, -0.1) is 0 Å². The van der Waals surface area contributed by atoms with Gasteiger partial charge in [0.15, 0.2) is 17.0 Å². The van der Waals surface area contributed by atoms with Crippen LogP contribution in [0.25, 0.3) is 16.9 Å². The molecule has 1 fully saturated rings. The number of benzene rings is 1. The molecule has 1 saturated heterocycles. The highest BCUT2D eigenvalue weighted by atomic mass is 15.3. The number of rotatable bonds is 6. The van der Waals surface area contributed by atoms with Crippen LogP contribution in [0.4, 0.5) is 11.8 Å². The SMILES string of the molecule is Cc1nccn1-c1ccccc1CNc1nc(N2CCC(N)CC2)nc2c1ncn2C(C)C. The van der Waals surface area contributed by atoms with E-state index >= 15 is 0 Å². The molecule has 9 nitrogen and oxygen atoms in total. The van der Waals surface area contributed by atoms with Crippen molar-refractivity contribution < 1.29 is 0 Å². The highest BCUT2D eigenvalue weighted by Crippen LogP contribution is 2.27. The molecule has 3 N–H and O–H groups in total. The van der Waals surface area contributed by atoms with Gasteiger partial charge in [-0.3, -0.25) is 0 Å². The molecule has 0 unspecified atom stereocenters. The van der Waals surface area contributed by atoms with Crippen LogP contribution in [0.1, 0.15) is 44.1 Å². The molecule has 1 aliphatic heterocycles. The summed E-state index contributed by atoms with van der Waals surface area (Å²) < 4.78 is 4.20. The molecule has 4 heterocycles. The number of aromatic nitrogens is 6. The van der Waals surface area contributed by atoms with Crippen molar-refractivity contribution in [3.63, 3.8) is 0 Å². The zero-order valence-electron chi connectivity index (χ0n) is 19.4. The first kappa shape index (κ1) is 21.4. The van der Waals surface area contributed by atoms with E-state index in [-0.39, 0.29) is 12.1 Å². The van der Waals surface area contributed by atoms with Gasteiger partial charge in [0.1, 0.15) is 5.82 Å². The summed E-state index contributed by atoms with van der Waals surface area (Å²) in [6, 6.07) is 8.84. The maximum atomic E-state index is 6.12. The molecule has 0 atom stereocenters. The van der Waals surface area contributed by atoms with Gasteiger partial charge in [-0.2, -0.15) is 9.97 Å². The number of hydrogen-bond acceptors (Lipinski definition) is 7. The maximum absolute atomic E-state index is 6.12. The van der Waals surface area contributed by atoms with Crippen molar-refractivity contribution in [3.8, 4) is 5.69 Å². The second-order valence-corrected chi connectivity index (χ2v) is 8.94. The number of imidazole rings is 2. The summed E-state index contributed by atoms with van der Waals surface area (Å²) in [6.07, 6.45) is 7.56. The van der Waals surface area contributed by atoms with E-state index in [1.54, 1.807) is 0 Å². The first-order valence-electron chi connectivity index (χ1n) is 11.6. The van der Waals surface area contributed by atoms with Crippen LogP contribution in [0.2, 0.25) is 0 Å². The number of hydrogen-bond donors (Lipinski definition) is 2. The Labute approximate surface area is 193 Å². The minimum atomic E-state index is 0.255. The fourth-order valence-corrected chi connectivity index (χ4v) is 4.35. The third-order valence-electron chi connectivity index (χ3n) is 6.31. The molecule has 172 valence electrons. The number of nitrogens with two attached hydrogens (primary N) is 1. The Balaban J connectivity index is 1.50. The van der Waals surface area contributed by atoms with Crippen LogP contribution < -0.4 is 16.0 Å². The van der Waals surface area contributed by atoms with Crippen molar-refractivity contribution in [1.82, 2.24) is 29.1 Å². The summed E-state index contributed by atoms with van der Waals surface area (Å²) in [5.41, 5.74) is 10.0. The van der Waals surface area contributed by atoms with Crippen LogP contribution in [0.15, 0.2) is 43.0 Å². The average Bonchev–Trinajstić information content (AvgIpc) is 3.44. The van der Waals surface area contributed by atoms with Gasteiger partial charge < -0.3 is 25.1 Å². The molecule has 4 aromatic rings. The fraction of sp³-hybridized carbons (Fsp3) is 0.417. The van der Waals surface area contributed by atoms with E-state index in [1.165, 1.54) is 0 Å². The van der Waals surface area contributed by atoms with E-state index in [0.717, 1.165) is 65.9 Å². The lowest BCUT2D eigenvalue weighted by atomic mass is 10.1. The highest BCUT2D eigenvalue weighted by Gasteiger charge is 2.22. The minimum Gasteiger partial charge on any atom is -0.364 e. The summed E-state index contributed by atoms with van der Waals surface area (Å²) in [7, 11) is 0. The lowest BCUT2D eigenvalue weighted by molar-refractivity contribution is 0.495. The molecule has 1 aliphatic rings. The summed E-state index contributed by atoms with van der Waals surface area (Å²) in [6.45, 7) is 8.63. The number of para-hydroxylation sites is 1. The Kier molecular flexibility index (Phi) is 5.72. The molecule has 0 amide bonds. The lowest BCUT2D eigenvalue weighted by Gasteiger charge is -2.30. The predicted molar refractivity (Wildman–Crippen MR) is 131 cm³/mol. The van der Waals surface area contributed by atoms with E-state index in [4.69, 9.17) is 15.7 Å². The smallest absolute Gasteiger partial charge is 0.229 e. The minimum absolute atomic E-state index is 0.255. The number of anilines is 2. The fourth-order valence-electron chi connectivity index (χ4n) is 4.35. The van der Waals surface area contributed by atoms with Crippen molar-refractivity contribution in [1.29, 1.82) is 0 Å². The molecule has 0 aliphatic carbocycles. The maximum Gasteiger partial charge on any atom is 0.229 e. The Bertz CT molecular complexity index is 1250. The molecule has 3 aromatic heterocycles. The van der Waals surface area contributed by atoms with E-state index in [9.17, 15) is 0 Å². The van der Waals surface area contributed by atoms with E-state index < -0.39 is 0 Å². The molecule has 0 saturated carbocycles. The topological polar surface area (TPSA) is 103 Å². The normalized spacial score (nSPS) is 15.0. The van der Waals surface area contributed by atoms with Gasteiger partial charge in [0.2, 0.25) is 5.95 Å². The molecule has 1 aromatic carbocycles. The quantitative estimate of drug-likeness (QED) is 0.469. The summed E-state index contributed by atoms with van der Waals surface area (Å²) >= 11 is 0. The molecule has 0 spiro atoms. The number of nitrogens with one attached hydrogen (secondary N) is 1. The highest BCUT2D eigenvalue weighted by molar-refractivity contribution is 5.84. The third-order valence-corrected chi connectivity index (χ3v) is 6.31. The van der Waals surface area contributed by atoms with E-state index in [1.807, 2.05) is 31.7 Å². The molecular weight excluding hydrogens is 414 g/mol. The van der Waals surface area contributed by atoms with Gasteiger partial charge in [-0.05, 0) is 45.2 Å². The van der Waals surface area contributed by atoms with Crippen molar-refractivity contribution in [2.45, 2.75) is 52.2 Å². The molecule has 5 rings (SSSR count). The van der Waals surface area contributed by atoms with Crippen LogP contribution in [-0.4, -0.2) is 48.2 Å². The summed E-state index contributed by atoms with van der Waals surface area (Å²) in [5.74, 6) is 2.44. The van der Waals surface area contributed by atoms with Gasteiger partial charge in [0, 0.05) is 44.1 Å². The third kappa shape index (κ3) is 4.16. The molecular formula is C24H31N9. The largest absolute Gasteiger partial charge is 0.364 e. The average molecular weight is 446 g/mol. The van der Waals surface area contributed by atoms with Crippen molar-refractivity contribution in [2.75, 3.05) is 23.3 Å². The predicted octanol–water partition coefficient (Wildman–Crippen LogP) is 3.44. The Hall–Kier alpha value is -3.46. The summed E-state index contributed by atoms with van der Waals surface area (Å²) in [4.78, 5) is 21.1. The van der Waals surface area contributed by atoms with Gasteiger partial charge in [-0.25, -0.2) is 9.97 Å². The number of nitrogens with zero attached hydrogens (tertiary/aromatic N) is 7. The second-order valence-electron chi connectivity index (χ2n) is 8.94. The monoisotopic (exact) mass is 445 g/mol. The zero-order chi connectivity index (χ0) is 22.9. The van der Waals surface area contributed by atoms with Crippen LogP contribution in [0, 0.1) is 6.92 Å². The lowest BCUT2D eigenvalue weighted by Crippen LogP contribution is -2.40. The number of aryl methyl sites for hydroxylation is 1. The molecule has 0 bridgehead atoms. The van der Waals surface area contributed by atoms with E-state index in [2.05, 4.69) is 61.4 Å². The van der Waals surface area contributed by atoms with Gasteiger partial charge >= 0.3 is 0 Å². The van der Waals surface area contributed by atoms with Crippen LogP contribution >= 0.6 is 0 Å². The summed E-state index contributed by atoms with van der Waals surface area (Å²) in [5, 5.41) is 3.55. The first-order chi connectivity index (χ1) is 16.0. The van der Waals surface area contributed by atoms with Crippen LogP contribution in [-0.2, 0) is 6.54 Å². The van der Waals surface area contributed by atoms with Crippen molar-refractivity contribution in [2.24, 2.45) is 5.73 Å². The molecule has 9 heteroatoms. The zero-order valence-corrected chi connectivity index (χ0v) is 19.4. The Morgan fingerprint density at radius 1 is 1.12 bits per heavy atom. The second kappa shape index (κ2) is 8.82. The van der Waals surface area contributed by atoms with Crippen LogP contribution in [0.3, 0.4) is 0 Å². The number of piperidine rings is 1. The molecule has 33 heavy (non-hydrogen) atoms.